The Hall–Kier alpha value is -1.41. The Morgan fingerprint density at radius 3 is 2.22 bits per heavy atom. The lowest BCUT2D eigenvalue weighted by Gasteiger charge is -2.20. The van der Waals surface area contributed by atoms with E-state index in [0.29, 0.717) is 5.75 Å². The van der Waals surface area contributed by atoms with E-state index in [1.54, 1.807) is 17.8 Å². The molecule has 2 aromatic carbocycles. The fraction of sp³-hybridized carbons (Fsp3) is 0.250. The van der Waals surface area contributed by atoms with Crippen LogP contribution in [0.1, 0.15) is 26.3 Å². The molecule has 0 atom stereocenters. The molecule has 0 aromatic heterocycles. The van der Waals surface area contributed by atoms with Crippen molar-refractivity contribution in [3.8, 4) is 5.75 Å². The average molecular weight is 258 g/mol. The second kappa shape index (κ2) is 5.07. The third-order valence-electron chi connectivity index (χ3n) is 2.80. The van der Waals surface area contributed by atoms with E-state index < -0.39 is 0 Å². The van der Waals surface area contributed by atoms with E-state index in [2.05, 4.69) is 26.8 Å². The molecule has 0 spiro atoms. The predicted molar refractivity (Wildman–Crippen MR) is 77.4 cm³/mol. The minimum Gasteiger partial charge on any atom is -0.507 e. The van der Waals surface area contributed by atoms with Crippen LogP contribution < -0.4 is 0 Å². The Kier molecular flexibility index (Phi) is 3.67. The van der Waals surface area contributed by atoms with Crippen LogP contribution in [0.4, 0.5) is 0 Å². The first-order valence-electron chi connectivity index (χ1n) is 6.03. The lowest BCUT2D eigenvalue weighted by Crippen LogP contribution is -2.10. The number of hydrogen-bond donors (Lipinski definition) is 1. The molecule has 0 saturated heterocycles. The molecule has 1 N–H and O–H groups in total. The normalized spacial score (nSPS) is 11.5. The first kappa shape index (κ1) is 13.0. The standard InChI is InChI=1S/C16H18OS/c1-16(2,3)12-9-10-14(17)15(11-12)18-13-7-5-4-6-8-13/h4-11,17H,1-3H3. The molecule has 2 heteroatoms. The van der Waals surface area contributed by atoms with Crippen molar-refractivity contribution >= 4 is 11.8 Å². The van der Waals surface area contributed by atoms with Crippen molar-refractivity contribution in [2.45, 2.75) is 36.0 Å². The predicted octanol–water partition coefficient (Wildman–Crippen LogP) is 4.84. The van der Waals surface area contributed by atoms with Crippen molar-refractivity contribution in [2.24, 2.45) is 0 Å². The molecule has 0 aliphatic heterocycles. The van der Waals surface area contributed by atoms with E-state index in [9.17, 15) is 5.11 Å². The summed E-state index contributed by atoms with van der Waals surface area (Å²) >= 11 is 1.59. The fourth-order valence-corrected chi connectivity index (χ4v) is 2.58. The van der Waals surface area contributed by atoms with E-state index in [4.69, 9.17) is 0 Å². The molecule has 0 amide bonds. The third-order valence-corrected chi connectivity index (χ3v) is 3.85. The van der Waals surface area contributed by atoms with Gasteiger partial charge in [-0.1, -0.05) is 56.8 Å². The second-order valence-electron chi connectivity index (χ2n) is 5.35. The van der Waals surface area contributed by atoms with Gasteiger partial charge in [0.15, 0.2) is 0 Å². The fourth-order valence-electron chi connectivity index (χ4n) is 1.68. The number of phenolic OH excluding ortho intramolecular Hbond substituents is 1. The van der Waals surface area contributed by atoms with E-state index >= 15 is 0 Å². The van der Waals surface area contributed by atoms with E-state index in [0.717, 1.165) is 9.79 Å². The summed E-state index contributed by atoms with van der Waals surface area (Å²) in [6.45, 7) is 6.53. The number of phenols is 1. The average Bonchev–Trinajstić information content (AvgIpc) is 2.32. The summed E-state index contributed by atoms with van der Waals surface area (Å²) in [6.07, 6.45) is 0. The number of benzene rings is 2. The zero-order chi connectivity index (χ0) is 13.2. The highest BCUT2D eigenvalue weighted by atomic mass is 32.2. The van der Waals surface area contributed by atoms with Crippen LogP contribution in [0.2, 0.25) is 0 Å². The van der Waals surface area contributed by atoms with Gasteiger partial charge >= 0.3 is 0 Å². The van der Waals surface area contributed by atoms with Crippen molar-refractivity contribution in [2.75, 3.05) is 0 Å². The first-order chi connectivity index (χ1) is 8.47. The number of aromatic hydroxyl groups is 1. The first-order valence-corrected chi connectivity index (χ1v) is 6.85. The summed E-state index contributed by atoms with van der Waals surface area (Å²) in [5.74, 6) is 0.344. The molecule has 0 saturated carbocycles. The van der Waals surface area contributed by atoms with E-state index in [1.807, 2.05) is 36.4 Å². The second-order valence-corrected chi connectivity index (χ2v) is 6.46. The lowest BCUT2D eigenvalue weighted by molar-refractivity contribution is 0.460. The largest absolute Gasteiger partial charge is 0.507 e. The van der Waals surface area contributed by atoms with Gasteiger partial charge in [0.2, 0.25) is 0 Å². The molecule has 2 aromatic rings. The van der Waals surface area contributed by atoms with Crippen LogP contribution in [-0.2, 0) is 5.41 Å². The minimum absolute atomic E-state index is 0.0969. The minimum atomic E-state index is 0.0969. The highest BCUT2D eigenvalue weighted by Gasteiger charge is 2.15. The van der Waals surface area contributed by atoms with Crippen molar-refractivity contribution in [3.63, 3.8) is 0 Å². The van der Waals surface area contributed by atoms with E-state index in [1.165, 1.54) is 5.56 Å². The van der Waals surface area contributed by atoms with Gasteiger partial charge < -0.3 is 5.11 Å². The molecule has 2 rings (SSSR count). The van der Waals surface area contributed by atoms with E-state index in [-0.39, 0.29) is 5.41 Å². The maximum atomic E-state index is 9.94. The van der Waals surface area contributed by atoms with Crippen molar-refractivity contribution in [1.82, 2.24) is 0 Å². The van der Waals surface area contributed by atoms with Crippen molar-refractivity contribution in [1.29, 1.82) is 0 Å². The van der Waals surface area contributed by atoms with Crippen molar-refractivity contribution < 1.29 is 5.11 Å². The SMILES string of the molecule is CC(C)(C)c1ccc(O)c(Sc2ccccc2)c1. The molecular formula is C16H18OS. The van der Waals surface area contributed by atoms with Crippen LogP contribution in [0.15, 0.2) is 58.3 Å². The molecule has 94 valence electrons. The lowest BCUT2D eigenvalue weighted by atomic mass is 9.87. The highest BCUT2D eigenvalue weighted by molar-refractivity contribution is 7.99. The zero-order valence-electron chi connectivity index (χ0n) is 11.0. The third kappa shape index (κ3) is 3.08. The van der Waals surface area contributed by atoms with Crippen LogP contribution in [0.25, 0.3) is 0 Å². The number of rotatable bonds is 2. The van der Waals surface area contributed by atoms with Gasteiger partial charge in [-0.25, -0.2) is 0 Å². The molecular weight excluding hydrogens is 240 g/mol. The summed E-state index contributed by atoms with van der Waals surface area (Å²) in [7, 11) is 0. The molecule has 0 fully saturated rings. The molecule has 0 bridgehead atoms. The molecule has 0 radical (unpaired) electrons. The van der Waals surface area contributed by atoms with Gasteiger partial charge in [0.1, 0.15) is 5.75 Å². The van der Waals surface area contributed by atoms with Gasteiger partial charge in [-0.2, -0.15) is 0 Å². The Bertz CT molecular complexity index is 527. The maximum absolute atomic E-state index is 9.94. The molecule has 1 nitrogen and oxygen atoms in total. The smallest absolute Gasteiger partial charge is 0.129 e. The van der Waals surface area contributed by atoms with Gasteiger partial charge in [-0.15, -0.1) is 0 Å². The zero-order valence-corrected chi connectivity index (χ0v) is 11.8. The summed E-state index contributed by atoms with van der Waals surface area (Å²) in [5, 5.41) is 9.94. The van der Waals surface area contributed by atoms with Crippen LogP contribution in [0, 0.1) is 0 Å². The Labute approximate surface area is 113 Å². The summed E-state index contributed by atoms with van der Waals surface area (Å²) in [5.41, 5.74) is 1.33. The van der Waals surface area contributed by atoms with Gasteiger partial charge in [0.05, 0.1) is 4.90 Å². The quantitative estimate of drug-likeness (QED) is 0.831. The molecule has 18 heavy (non-hydrogen) atoms. The molecule has 0 aliphatic rings. The monoisotopic (exact) mass is 258 g/mol. The van der Waals surface area contributed by atoms with Gasteiger partial charge in [-0.3, -0.25) is 0 Å². The Morgan fingerprint density at radius 1 is 0.944 bits per heavy atom. The number of hydrogen-bond acceptors (Lipinski definition) is 2. The van der Waals surface area contributed by atoms with Gasteiger partial charge in [-0.05, 0) is 35.2 Å². The Balaban J connectivity index is 2.33. The Morgan fingerprint density at radius 2 is 1.61 bits per heavy atom. The van der Waals surface area contributed by atoms with Crippen molar-refractivity contribution in [3.05, 3.63) is 54.1 Å². The van der Waals surface area contributed by atoms with Crippen LogP contribution in [-0.4, -0.2) is 5.11 Å². The molecule has 0 heterocycles. The molecule has 0 unspecified atom stereocenters. The highest BCUT2D eigenvalue weighted by Crippen LogP contribution is 2.37. The summed E-state index contributed by atoms with van der Waals surface area (Å²) in [4.78, 5) is 2.05. The van der Waals surface area contributed by atoms with Crippen LogP contribution in [0.5, 0.6) is 5.75 Å². The van der Waals surface area contributed by atoms with Gasteiger partial charge in [0, 0.05) is 4.90 Å². The summed E-state index contributed by atoms with van der Waals surface area (Å²) < 4.78 is 0. The van der Waals surface area contributed by atoms with Crippen LogP contribution >= 0.6 is 11.8 Å². The molecule has 0 aliphatic carbocycles. The van der Waals surface area contributed by atoms with Gasteiger partial charge in [0.25, 0.3) is 0 Å². The maximum Gasteiger partial charge on any atom is 0.129 e. The topological polar surface area (TPSA) is 20.2 Å². The summed E-state index contributed by atoms with van der Waals surface area (Å²) in [6, 6.07) is 16.0. The van der Waals surface area contributed by atoms with Crippen LogP contribution in [0.3, 0.4) is 0 Å².